The summed E-state index contributed by atoms with van der Waals surface area (Å²) in [4.78, 5) is 19.7. The Hall–Kier alpha value is -3.83. The van der Waals surface area contributed by atoms with Gasteiger partial charge in [-0.05, 0) is 47.9 Å². The second kappa shape index (κ2) is 9.80. The number of hydrogen-bond donors (Lipinski definition) is 2. The smallest absolute Gasteiger partial charge is 0.315 e. The minimum absolute atomic E-state index is 0.0333. The summed E-state index contributed by atoms with van der Waals surface area (Å²) >= 11 is 7.89. The highest BCUT2D eigenvalue weighted by atomic mass is 35.5. The lowest BCUT2D eigenvalue weighted by atomic mass is 10.2. The highest BCUT2D eigenvalue weighted by Crippen LogP contribution is 2.36. The Labute approximate surface area is 206 Å². The fourth-order valence-corrected chi connectivity index (χ4v) is 4.44. The molecule has 0 saturated heterocycles. The van der Waals surface area contributed by atoms with Gasteiger partial charge in [-0.3, -0.25) is 4.79 Å². The third-order valence-corrected chi connectivity index (χ3v) is 6.23. The zero-order valence-electron chi connectivity index (χ0n) is 17.9. The van der Waals surface area contributed by atoms with E-state index in [4.69, 9.17) is 16.3 Å². The molecule has 178 valence electrons. The van der Waals surface area contributed by atoms with Crippen LogP contribution in [0.1, 0.15) is 0 Å². The van der Waals surface area contributed by atoms with Gasteiger partial charge in [0.1, 0.15) is 23.3 Å². The first-order chi connectivity index (χ1) is 17.0. The number of nitrogens with zero attached hydrogens (tertiary/aromatic N) is 4. The fraction of sp³-hybridized carbons (Fsp3) is 0.130. The van der Waals surface area contributed by atoms with E-state index in [-0.39, 0.29) is 13.1 Å². The molecule has 0 aliphatic rings. The topological polar surface area (TPSA) is 94.0 Å². The number of alkyl halides is 2. The predicted octanol–water partition coefficient (Wildman–Crippen LogP) is 5.61. The number of nitrogens with one attached hydrogen (secondary N) is 2. The summed E-state index contributed by atoms with van der Waals surface area (Å²) in [5.41, 5.74) is 1.98. The second-order valence-corrected chi connectivity index (χ2v) is 8.66. The zero-order valence-corrected chi connectivity index (χ0v) is 19.5. The summed E-state index contributed by atoms with van der Waals surface area (Å²) in [6, 6.07) is 12.8. The van der Waals surface area contributed by atoms with E-state index in [0.29, 0.717) is 39.1 Å². The third kappa shape index (κ3) is 4.86. The van der Waals surface area contributed by atoms with Crippen molar-refractivity contribution in [3.8, 4) is 11.5 Å². The molecule has 0 radical (unpaired) electrons. The molecule has 0 aliphatic heterocycles. The van der Waals surface area contributed by atoms with Crippen LogP contribution in [0.4, 0.5) is 20.3 Å². The second-order valence-electron chi connectivity index (χ2n) is 7.42. The highest BCUT2D eigenvalue weighted by molar-refractivity contribution is 7.13. The minimum Gasteiger partial charge on any atom is -0.455 e. The maximum atomic E-state index is 12.4. The van der Waals surface area contributed by atoms with Gasteiger partial charge in [0.15, 0.2) is 5.82 Å². The summed E-state index contributed by atoms with van der Waals surface area (Å²) in [6.07, 6.45) is 1.88. The van der Waals surface area contributed by atoms with Gasteiger partial charge in [-0.25, -0.2) is 9.97 Å². The molecule has 1 amide bonds. The van der Waals surface area contributed by atoms with E-state index in [0.717, 1.165) is 10.1 Å². The van der Waals surface area contributed by atoms with Crippen molar-refractivity contribution < 1.29 is 18.3 Å². The number of rotatable bonds is 8. The molecule has 35 heavy (non-hydrogen) atoms. The summed E-state index contributed by atoms with van der Waals surface area (Å²) < 4.78 is 37.9. The third-order valence-electron chi connectivity index (χ3n) is 5.17. The predicted molar refractivity (Wildman–Crippen MR) is 131 cm³/mol. The lowest BCUT2D eigenvalue weighted by Crippen LogP contribution is -2.32. The normalized spacial score (nSPS) is 11.3. The number of amides is 1. The fourth-order valence-electron chi connectivity index (χ4n) is 3.56. The molecule has 8 nitrogen and oxygen atoms in total. The molecule has 0 spiro atoms. The maximum absolute atomic E-state index is 12.4. The molecular formula is C23H17ClF2N6O2S. The van der Waals surface area contributed by atoms with Crippen LogP contribution in [0.2, 0.25) is 5.02 Å². The highest BCUT2D eigenvalue weighted by Gasteiger charge is 2.15. The molecule has 3 heterocycles. The molecule has 5 rings (SSSR count). The Morgan fingerprint density at radius 1 is 1.17 bits per heavy atom. The van der Waals surface area contributed by atoms with Crippen molar-refractivity contribution in [1.82, 2.24) is 24.2 Å². The van der Waals surface area contributed by atoms with Crippen LogP contribution in [-0.4, -0.2) is 37.8 Å². The number of benzene rings is 2. The lowest BCUT2D eigenvalue weighted by molar-refractivity contribution is -0.131. The van der Waals surface area contributed by atoms with Crippen molar-refractivity contribution in [1.29, 1.82) is 0 Å². The average molecular weight is 515 g/mol. The molecule has 0 aliphatic carbocycles. The van der Waals surface area contributed by atoms with Gasteiger partial charge in [0.25, 0.3) is 5.91 Å². The van der Waals surface area contributed by atoms with Gasteiger partial charge in [-0.15, -0.1) is 0 Å². The number of ether oxygens (including phenoxy) is 1. The number of halogens is 3. The first-order valence-corrected chi connectivity index (χ1v) is 11.6. The van der Waals surface area contributed by atoms with E-state index in [1.165, 1.54) is 17.9 Å². The van der Waals surface area contributed by atoms with Crippen LogP contribution in [0, 0.1) is 0 Å². The Morgan fingerprint density at radius 3 is 2.89 bits per heavy atom. The Kier molecular flexibility index (Phi) is 6.43. The van der Waals surface area contributed by atoms with Gasteiger partial charge >= 0.3 is 6.43 Å². The molecular weight excluding hydrogens is 498 g/mol. The van der Waals surface area contributed by atoms with Gasteiger partial charge in [0.2, 0.25) is 0 Å². The minimum atomic E-state index is -3.05. The van der Waals surface area contributed by atoms with Gasteiger partial charge in [0.05, 0.1) is 26.8 Å². The number of carbonyl (C=O) groups is 1. The van der Waals surface area contributed by atoms with E-state index in [9.17, 15) is 13.6 Å². The zero-order chi connectivity index (χ0) is 24.4. The molecule has 3 aromatic heterocycles. The molecule has 2 N–H and O–H groups in total. The number of aromatic nitrogens is 4. The molecule has 0 atom stereocenters. The van der Waals surface area contributed by atoms with E-state index in [1.807, 2.05) is 18.2 Å². The van der Waals surface area contributed by atoms with Crippen molar-refractivity contribution in [3.05, 3.63) is 66.2 Å². The largest absolute Gasteiger partial charge is 0.455 e. The van der Waals surface area contributed by atoms with Crippen LogP contribution < -0.4 is 15.4 Å². The van der Waals surface area contributed by atoms with Crippen LogP contribution in [0.15, 0.2) is 61.2 Å². The van der Waals surface area contributed by atoms with Crippen LogP contribution in [-0.2, 0) is 11.3 Å². The van der Waals surface area contributed by atoms with Gasteiger partial charge < -0.3 is 19.9 Å². The summed E-state index contributed by atoms with van der Waals surface area (Å²) in [7, 11) is 0. The van der Waals surface area contributed by atoms with Crippen molar-refractivity contribution in [2.24, 2.45) is 0 Å². The maximum Gasteiger partial charge on any atom is 0.315 e. The average Bonchev–Trinajstić information content (AvgIpc) is 3.49. The van der Waals surface area contributed by atoms with Crippen molar-refractivity contribution in [2.75, 3.05) is 11.9 Å². The van der Waals surface area contributed by atoms with Crippen molar-refractivity contribution in [3.63, 3.8) is 0 Å². The van der Waals surface area contributed by atoms with Crippen LogP contribution in [0.25, 0.3) is 21.1 Å². The van der Waals surface area contributed by atoms with Crippen LogP contribution in [0.5, 0.6) is 11.5 Å². The number of carbonyl (C=O) groups excluding carboxylic acids is 1. The molecule has 0 bridgehead atoms. The monoisotopic (exact) mass is 514 g/mol. The molecule has 12 heteroatoms. The Bertz CT molecular complexity index is 1520. The lowest BCUT2D eigenvalue weighted by Gasteiger charge is -2.13. The molecule has 0 fully saturated rings. The SMILES string of the molecule is O=C(NCCn1ccc2ncnc(Nc3ccc(Oc4cccc5sncc45)c(Cl)c3)c21)C(F)F. The molecule has 0 unspecified atom stereocenters. The van der Waals surface area contributed by atoms with Gasteiger partial charge in [0, 0.05) is 25.0 Å². The van der Waals surface area contributed by atoms with Gasteiger partial charge in [-0.2, -0.15) is 13.2 Å². The summed E-state index contributed by atoms with van der Waals surface area (Å²) in [5.74, 6) is 0.341. The van der Waals surface area contributed by atoms with Gasteiger partial charge in [-0.1, -0.05) is 17.7 Å². The quantitative estimate of drug-likeness (QED) is 0.279. The summed E-state index contributed by atoms with van der Waals surface area (Å²) in [5, 5.41) is 6.71. The Morgan fingerprint density at radius 2 is 2.06 bits per heavy atom. The standard InChI is InChI=1S/C23H17ClF2N6O2S/c24-15-10-13(4-5-18(15)34-17-2-1-3-19-14(17)11-30-35-19)31-22-20-16(28-12-29-22)6-8-32(20)9-7-27-23(33)21(25)26/h1-6,8,10-12,21H,7,9H2,(H,27,33)(H,28,29,31). The van der Waals surface area contributed by atoms with E-state index in [1.54, 1.807) is 41.2 Å². The number of anilines is 2. The first-order valence-electron chi connectivity index (χ1n) is 10.4. The molecule has 2 aromatic carbocycles. The molecule has 0 saturated carbocycles. The van der Waals surface area contributed by atoms with Crippen molar-refractivity contribution >= 4 is 61.7 Å². The Balaban J connectivity index is 1.35. The van der Waals surface area contributed by atoms with E-state index in [2.05, 4.69) is 25.0 Å². The van der Waals surface area contributed by atoms with E-state index >= 15 is 0 Å². The first kappa shape index (κ1) is 22.9. The molecule has 5 aromatic rings. The van der Waals surface area contributed by atoms with Crippen LogP contribution >= 0.6 is 23.1 Å². The summed E-state index contributed by atoms with van der Waals surface area (Å²) in [6.45, 7) is 0.298. The van der Waals surface area contributed by atoms with Crippen LogP contribution in [0.3, 0.4) is 0 Å². The number of fused-ring (bicyclic) bond motifs is 2. The van der Waals surface area contributed by atoms with Crippen molar-refractivity contribution in [2.45, 2.75) is 13.0 Å². The number of hydrogen-bond acceptors (Lipinski definition) is 7. The van der Waals surface area contributed by atoms with E-state index < -0.39 is 12.3 Å².